The van der Waals surface area contributed by atoms with E-state index in [1.54, 1.807) is 0 Å². The molecule has 2 radical (unpaired) electrons. The molecule has 0 saturated heterocycles. The van der Waals surface area contributed by atoms with Crippen LogP contribution in [-0.4, -0.2) is 8.07 Å². The zero-order chi connectivity index (χ0) is 63.7. The van der Waals surface area contributed by atoms with Gasteiger partial charge in [-0.1, -0.05) is 270 Å². The molecule has 0 aliphatic heterocycles. The molecule has 0 unspecified atom stereocenters. The molecule has 5 heterocycles. The van der Waals surface area contributed by atoms with Gasteiger partial charge in [0.15, 0.2) is 8.07 Å². The summed E-state index contributed by atoms with van der Waals surface area (Å²) >= 11 is 11.2. The van der Waals surface area contributed by atoms with Crippen molar-refractivity contribution in [1.82, 2.24) is 0 Å². The van der Waals surface area contributed by atoms with Crippen molar-refractivity contribution in [3.8, 4) is 10.4 Å². The number of hydrogen-bond donors (Lipinski definition) is 0. The Labute approximate surface area is 629 Å². The first-order chi connectivity index (χ1) is 42.7. The van der Waals surface area contributed by atoms with Crippen molar-refractivity contribution >= 4 is 113 Å². The molecular weight excluding hydrogens is 1390 g/mol. The van der Waals surface area contributed by atoms with E-state index in [-0.39, 0.29) is 80.3 Å². The van der Waals surface area contributed by atoms with Crippen molar-refractivity contribution < 1.29 is 65.4 Å². The molecule has 7 aromatic carbocycles. The first kappa shape index (κ1) is 88.7. The molecule has 5 aromatic heterocycles. The summed E-state index contributed by atoms with van der Waals surface area (Å²) < 4.78 is 2.86. The Bertz CT molecular complexity index is 3410. The van der Waals surface area contributed by atoms with Gasteiger partial charge in [-0.05, 0) is 153 Å². The molecule has 478 valence electrons. The summed E-state index contributed by atoms with van der Waals surface area (Å²) in [4.78, 5) is 13.3. The zero-order valence-corrected chi connectivity index (χ0v) is 69.3. The van der Waals surface area contributed by atoms with E-state index in [9.17, 15) is 0 Å². The van der Waals surface area contributed by atoms with Crippen molar-refractivity contribution in [3.63, 3.8) is 0 Å². The number of rotatable bonds is 11. The van der Waals surface area contributed by atoms with Crippen molar-refractivity contribution in [3.05, 3.63) is 317 Å². The van der Waals surface area contributed by atoms with Gasteiger partial charge in [0.05, 0.1) is 4.21 Å². The van der Waals surface area contributed by atoms with E-state index in [1.165, 1.54) is 91.7 Å². The molecule has 0 aliphatic carbocycles. The number of aryl methyl sites for hydroxylation is 6. The fourth-order valence-corrected chi connectivity index (χ4v) is 20.4. The SMILES string of the molecule is CC.CC.CC.CC.CC.CCc1ccc(C)s1.Cc1ccc(-c2ccccc2)s1.Cc1ccc(N(c2ccccc2)c2ccccc2)s1.Cc1ccc(Sc2ccccc2)s1.Cc1ccc([Si](c2ccccc2)(c2ccccc2)c2ccccc2)s1.[CH3-].[CH3-].[Y].[Y]. The van der Waals surface area contributed by atoms with Crippen LogP contribution in [0.3, 0.4) is 0 Å². The third kappa shape index (κ3) is 29.4. The van der Waals surface area contributed by atoms with Crippen LogP contribution in [0.15, 0.2) is 282 Å². The monoisotopic (exact) mass is 1490 g/mol. The smallest absolute Gasteiger partial charge is 0.191 e. The summed E-state index contributed by atoms with van der Waals surface area (Å²) in [6, 6.07) is 97.1. The Hall–Kier alpha value is -4.39. The maximum absolute atomic E-state index is 2.35. The molecule has 1 nitrogen and oxygen atoms in total. The summed E-state index contributed by atoms with van der Waals surface area (Å²) in [6.07, 6.45) is 1.18. The van der Waals surface area contributed by atoms with E-state index in [1.807, 2.05) is 162 Å². The molecule has 0 N–H and O–H groups in total. The second kappa shape index (κ2) is 52.9. The van der Waals surface area contributed by atoms with Gasteiger partial charge in [-0.15, -0.1) is 56.7 Å². The predicted octanol–water partition coefficient (Wildman–Crippen LogP) is 25.5. The summed E-state index contributed by atoms with van der Waals surface area (Å²) in [5.41, 5.74) is 3.70. The number of thiophene rings is 5. The number of para-hydroxylation sites is 2. The number of benzene rings is 7. The van der Waals surface area contributed by atoms with Crippen molar-refractivity contribution in [2.75, 3.05) is 4.90 Å². The van der Waals surface area contributed by atoms with Crippen LogP contribution >= 0.6 is 68.4 Å². The van der Waals surface area contributed by atoms with Gasteiger partial charge in [-0.3, -0.25) is 0 Å². The average Bonchev–Trinajstić information content (AvgIpc) is 1.84. The summed E-state index contributed by atoms with van der Waals surface area (Å²) in [5, 5.41) is 5.56. The second-order valence-electron chi connectivity index (χ2n) is 18.1. The van der Waals surface area contributed by atoms with Gasteiger partial charge < -0.3 is 19.8 Å². The van der Waals surface area contributed by atoms with Crippen molar-refractivity contribution in [1.29, 1.82) is 0 Å². The second-order valence-corrected chi connectivity index (χ2v) is 30.1. The van der Waals surface area contributed by atoms with Gasteiger partial charge in [0.2, 0.25) is 0 Å². The van der Waals surface area contributed by atoms with Gasteiger partial charge in [-0.25, -0.2) is 0 Å². The van der Waals surface area contributed by atoms with Crippen LogP contribution in [0.2, 0.25) is 0 Å². The summed E-state index contributed by atoms with van der Waals surface area (Å²) in [7, 11) is -2.26. The molecule has 12 aromatic rings. The molecule has 0 atom stereocenters. The molecule has 10 heteroatoms. The maximum Gasteiger partial charge on any atom is 0.191 e. The minimum atomic E-state index is -2.26. The Morgan fingerprint density at radius 3 is 1.00 bits per heavy atom. The molecule has 91 heavy (non-hydrogen) atoms. The van der Waals surface area contributed by atoms with Gasteiger partial charge in [0.25, 0.3) is 0 Å². The zero-order valence-electron chi connectivity index (χ0n) is 57.7. The van der Waals surface area contributed by atoms with Gasteiger partial charge in [0, 0.05) is 120 Å². The molecular formula is C81H101NS6SiY2-2. The van der Waals surface area contributed by atoms with Crippen LogP contribution in [0.4, 0.5) is 16.4 Å². The first-order valence-electron chi connectivity index (χ1n) is 30.9. The minimum absolute atomic E-state index is 0. The quantitative estimate of drug-likeness (QED) is 0.0721. The Kier molecular flexibility index (Phi) is 51.6. The van der Waals surface area contributed by atoms with Crippen LogP contribution in [-0.2, 0) is 71.8 Å². The van der Waals surface area contributed by atoms with Crippen molar-refractivity contribution in [2.45, 2.75) is 126 Å². The Morgan fingerprint density at radius 2 is 0.670 bits per heavy atom. The normalized spacial score (nSPS) is 9.27. The molecule has 0 spiro atoms. The van der Waals surface area contributed by atoms with E-state index < -0.39 is 8.07 Å². The number of nitrogens with zero attached hydrogens (tertiary/aromatic N) is 1. The molecule has 12 rings (SSSR count). The Balaban J connectivity index is 0. The predicted molar refractivity (Wildman–Crippen MR) is 419 cm³/mol. The van der Waals surface area contributed by atoms with Crippen molar-refractivity contribution in [2.24, 2.45) is 0 Å². The standard InChI is InChI=1S/C23H20SSi.C17H15NS.C11H10S2.C11H10S.C7H10S.5C2H6.2CH3.2Y/c1-19-17-18-23(24-19)25(20-11-5-2-6-12-20,21-13-7-3-8-14-21)22-15-9-4-10-16-22;1-14-12-13-17(19-14)18(15-8-4-2-5-9-15)16-10-6-3-7-11-16;1-9-7-8-11(12-9)13-10-5-3-2-4-6-10;1-9-7-8-11(12-9)10-5-3-2-4-6-10;1-3-7-5-4-6(2)8-7;5*1-2;;;;/h2-18H,1H3;2-13H,1H3;2-8H,1H3;2-8H,1H3;4-5H,3H2,1-2H3;5*1-2H3;2*1H3;;/q;;;;;;;;;;2*-1;;. The van der Waals surface area contributed by atoms with Crippen LogP contribution in [0.5, 0.6) is 0 Å². The third-order valence-electron chi connectivity index (χ3n) is 12.3. The van der Waals surface area contributed by atoms with Gasteiger partial charge in [0.1, 0.15) is 5.00 Å². The van der Waals surface area contributed by atoms with Crippen LogP contribution in [0, 0.1) is 49.5 Å². The van der Waals surface area contributed by atoms with Crippen LogP contribution < -0.4 is 25.0 Å². The molecule has 0 saturated carbocycles. The molecule has 0 amide bonds. The topological polar surface area (TPSA) is 3.24 Å². The van der Waals surface area contributed by atoms with Gasteiger partial charge in [-0.2, -0.15) is 0 Å². The van der Waals surface area contributed by atoms with E-state index >= 15 is 0 Å². The van der Waals surface area contributed by atoms with E-state index in [4.69, 9.17) is 0 Å². The minimum Gasteiger partial charge on any atom is -0.358 e. The third-order valence-corrected chi connectivity index (χ3v) is 24.2. The van der Waals surface area contributed by atoms with Gasteiger partial charge >= 0.3 is 0 Å². The maximum atomic E-state index is 2.35. The summed E-state index contributed by atoms with van der Waals surface area (Å²) in [5.74, 6) is 0. The fraction of sp³-hybridized carbons (Fsp3) is 0.210. The molecule has 0 aliphatic rings. The van der Waals surface area contributed by atoms with Crippen LogP contribution in [0.25, 0.3) is 10.4 Å². The fourth-order valence-electron chi connectivity index (χ4n) is 8.67. The molecule has 0 fully saturated rings. The van der Waals surface area contributed by atoms with E-state index in [0.717, 1.165) is 0 Å². The van der Waals surface area contributed by atoms with Crippen LogP contribution in [0.1, 0.15) is 105 Å². The largest absolute Gasteiger partial charge is 0.358 e. The number of anilines is 3. The Morgan fingerprint density at radius 1 is 0.330 bits per heavy atom. The van der Waals surface area contributed by atoms with E-state index in [2.05, 4.69) is 295 Å². The molecule has 0 bridgehead atoms. The first-order valence-corrected chi connectivity index (χ1v) is 37.8. The number of hydrogen-bond acceptors (Lipinski definition) is 7. The van der Waals surface area contributed by atoms with E-state index in [0.29, 0.717) is 0 Å². The summed E-state index contributed by atoms with van der Waals surface area (Å²) in [6.45, 7) is 32.9. The average molecular weight is 1490 g/mol.